The van der Waals surface area contributed by atoms with Crippen LogP contribution in [0.15, 0.2) is 11.1 Å². The Labute approximate surface area is 79.7 Å². The summed E-state index contributed by atoms with van der Waals surface area (Å²) in [5, 5.41) is 0. The minimum absolute atomic E-state index is 0. The van der Waals surface area contributed by atoms with Gasteiger partial charge in [-0.1, -0.05) is 0 Å². The van der Waals surface area contributed by atoms with E-state index < -0.39 is 0 Å². The average Bonchev–Trinajstić information content (AvgIpc) is 1.90. The van der Waals surface area contributed by atoms with Crippen molar-refractivity contribution in [1.29, 1.82) is 0 Å². The van der Waals surface area contributed by atoms with E-state index in [1.165, 1.54) is 30.4 Å². The van der Waals surface area contributed by atoms with E-state index in [4.69, 9.17) is 0 Å². The summed E-state index contributed by atoms with van der Waals surface area (Å²) < 4.78 is 1.21. The summed E-state index contributed by atoms with van der Waals surface area (Å²) in [5.41, 5.74) is 3.53. The van der Waals surface area contributed by atoms with E-state index in [9.17, 15) is 0 Å². The van der Waals surface area contributed by atoms with Gasteiger partial charge in [0, 0.05) is 0 Å². The molecule has 0 N–H and O–H groups in total. The van der Waals surface area contributed by atoms with Crippen LogP contribution in [-0.2, 0) is 0 Å². The van der Waals surface area contributed by atoms with Gasteiger partial charge in [0.15, 0.2) is 0 Å². The number of likely N-dealkylation sites (N-methyl/N-ethyl adjacent to an activating group) is 1. The molecule has 1 aliphatic heterocycles. The Bertz CT molecular complexity index is 164. The molecule has 2 rings (SSSR count). The second-order valence-corrected chi connectivity index (χ2v) is 3.96. The van der Waals surface area contributed by atoms with Gasteiger partial charge in [0.2, 0.25) is 0 Å². The molecule has 0 bridgehead atoms. The zero-order chi connectivity index (χ0) is 6.48. The highest BCUT2D eigenvalue weighted by Gasteiger charge is 2.34. The van der Waals surface area contributed by atoms with Crippen LogP contribution >= 0.6 is 0 Å². The molecule has 0 aromatic carbocycles. The van der Waals surface area contributed by atoms with Gasteiger partial charge in [-0.3, -0.25) is 0 Å². The first-order valence-electron chi connectivity index (χ1n) is 3.69. The number of rotatable bonds is 0. The van der Waals surface area contributed by atoms with Crippen molar-refractivity contribution in [3.63, 3.8) is 0 Å². The van der Waals surface area contributed by atoms with Crippen LogP contribution < -0.4 is 24.0 Å². The third kappa shape index (κ3) is 1.23. The van der Waals surface area contributed by atoms with E-state index >= 15 is 0 Å². The van der Waals surface area contributed by atoms with Gasteiger partial charge in [-0.2, -0.15) is 0 Å². The fraction of sp³-hybridized carbons (Fsp3) is 0.750. The Kier molecular flexibility index (Phi) is 2.12. The minimum atomic E-state index is 0. The first-order valence-corrected chi connectivity index (χ1v) is 3.69. The fourth-order valence-electron chi connectivity index (χ4n) is 1.95. The van der Waals surface area contributed by atoms with E-state index in [0.29, 0.717) is 0 Å². The third-order valence-corrected chi connectivity index (χ3v) is 2.47. The molecule has 0 unspecified atom stereocenters. The lowest BCUT2D eigenvalue weighted by Gasteiger charge is -2.22. The van der Waals surface area contributed by atoms with Crippen LogP contribution in [0.5, 0.6) is 0 Å². The predicted molar refractivity (Wildman–Crippen MR) is 38.1 cm³/mol. The van der Waals surface area contributed by atoms with E-state index in [1.54, 1.807) is 11.1 Å². The SMILES string of the molecule is C[N+]1(C)CC2=C(CC2)C1.[I-]. The van der Waals surface area contributed by atoms with Crippen LogP contribution in [0, 0.1) is 0 Å². The monoisotopic (exact) mass is 251 g/mol. The summed E-state index contributed by atoms with van der Waals surface area (Å²) in [7, 11) is 4.64. The van der Waals surface area contributed by atoms with Crippen LogP contribution in [0.1, 0.15) is 12.8 Å². The van der Waals surface area contributed by atoms with Crippen molar-refractivity contribution in [2.75, 3.05) is 27.2 Å². The molecule has 0 spiro atoms. The van der Waals surface area contributed by atoms with Crippen molar-refractivity contribution in [2.45, 2.75) is 12.8 Å². The molecule has 0 atom stereocenters. The predicted octanol–water partition coefficient (Wildman–Crippen LogP) is -1.83. The highest BCUT2D eigenvalue weighted by Crippen LogP contribution is 2.36. The molecule has 1 heterocycles. The first-order chi connectivity index (χ1) is 4.17. The summed E-state index contributed by atoms with van der Waals surface area (Å²) in [6.07, 6.45) is 2.80. The van der Waals surface area contributed by atoms with E-state index in [2.05, 4.69) is 14.1 Å². The van der Waals surface area contributed by atoms with Crippen LogP contribution in [0.4, 0.5) is 0 Å². The van der Waals surface area contributed by atoms with Crippen molar-refractivity contribution in [3.8, 4) is 0 Å². The van der Waals surface area contributed by atoms with Gasteiger partial charge in [0.05, 0.1) is 14.1 Å². The van der Waals surface area contributed by atoms with Crippen molar-refractivity contribution >= 4 is 0 Å². The quantitative estimate of drug-likeness (QED) is 0.270. The average molecular weight is 251 g/mol. The zero-order valence-electron chi connectivity index (χ0n) is 6.65. The number of hydrogen-bond donors (Lipinski definition) is 0. The topological polar surface area (TPSA) is 0 Å². The maximum Gasteiger partial charge on any atom is 0.101 e. The number of likely N-dealkylation sites (tertiary alicyclic amines) is 1. The summed E-state index contributed by atoms with van der Waals surface area (Å²) in [4.78, 5) is 0. The fourth-order valence-corrected chi connectivity index (χ4v) is 1.95. The normalized spacial score (nSPS) is 27.0. The standard InChI is InChI=1S/C8H14N.HI/c1-9(2)5-7-3-4-8(7)6-9;/h3-6H2,1-2H3;1H/q+1;/p-1. The Morgan fingerprint density at radius 2 is 1.40 bits per heavy atom. The Hall–Kier alpha value is 0.430. The molecule has 58 valence electrons. The van der Waals surface area contributed by atoms with E-state index in [-0.39, 0.29) is 24.0 Å². The second kappa shape index (κ2) is 2.48. The maximum absolute atomic E-state index is 2.32. The first kappa shape index (κ1) is 8.53. The third-order valence-electron chi connectivity index (χ3n) is 2.47. The van der Waals surface area contributed by atoms with Gasteiger partial charge in [0.1, 0.15) is 13.1 Å². The molecular weight excluding hydrogens is 237 g/mol. The molecule has 0 amide bonds. The summed E-state index contributed by atoms with van der Waals surface area (Å²) in [6.45, 7) is 2.66. The number of nitrogens with zero attached hydrogens (tertiary/aromatic N) is 1. The lowest BCUT2D eigenvalue weighted by molar-refractivity contribution is -0.874. The Morgan fingerprint density at radius 1 is 1.00 bits per heavy atom. The molecule has 10 heavy (non-hydrogen) atoms. The highest BCUT2D eigenvalue weighted by molar-refractivity contribution is 5.28. The zero-order valence-corrected chi connectivity index (χ0v) is 8.81. The van der Waals surface area contributed by atoms with E-state index in [0.717, 1.165) is 0 Å². The van der Waals surface area contributed by atoms with Crippen LogP contribution in [0.25, 0.3) is 0 Å². The van der Waals surface area contributed by atoms with Gasteiger partial charge in [-0.05, 0) is 24.0 Å². The lowest BCUT2D eigenvalue weighted by atomic mass is 9.92. The number of quaternary nitrogens is 1. The Balaban J connectivity index is 0.000000500. The van der Waals surface area contributed by atoms with Crippen LogP contribution in [0.2, 0.25) is 0 Å². The van der Waals surface area contributed by atoms with Gasteiger partial charge < -0.3 is 28.5 Å². The van der Waals surface area contributed by atoms with Crippen LogP contribution in [-0.4, -0.2) is 31.7 Å². The molecule has 0 saturated heterocycles. The molecule has 0 saturated carbocycles. The van der Waals surface area contributed by atoms with Gasteiger partial charge in [-0.25, -0.2) is 0 Å². The molecule has 0 aromatic heterocycles. The highest BCUT2D eigenvalue weighted by atomic mass is 127. The van der Waals surface area contributed by atoms with Crippen LogP contribution in [0.3, 0.4) is 0 Å². The van der Waals surface area contributed by atoms with Crippen molar-refractivity contribution < 1.29 is 28.5 Å². The molecule has 0 aromatic rings. The smallest absolute Gasteiger partial charge is 0.101 e. The van der Waals surface area contributed by atoms with E-state index in [1.807, 2.05) is 0 Å². The molecular formula is C8H14IN. The Morgan fingerprint density at radius 3 is 1.60 bits per heavy atom. The molecule has 2 aliphatic rings. The molecule has 1 aliphatic carbocycles. The van der Waals surface area contributed by atoms with Gasteiger partial charge in [-0.15, -0.1) is 0 Å². The molecule has 0 fully saturated rings. The summed E-state index contributed by atoms with van der Waals surface area (Å²) in [5.74, 6) is 0. The lowest BCUT2D eigenvalue weighted by Crippen LogP contribution is -3.00. The largest absolute Gasteiger partial charge is 1.00 e. The van der Waals surface area contributed by atoms with Gasteiger partial charge in [0.25, 0.3) is 0 Å². The van der Waals surface area contributed by atoms with Crippen molar-refractivity contribution in [2.24, 2.45) is 0 Å². The minimum Gasteiger partial charge on any atom is -1.00 e. The summed E-state index contributed by atoms with van der Waals surface area (Å²) in [6, 6.07) is 0. The second-order valence-electron chi connectivity index (χ2n) is 3.96. The van der Waals surface area contributed by atoms with Gasteiger partial charge >= 0.3 is 0 Å². The summed E-state index contributed by atoms with van der Waals surface area (Å²) >= 11 is 0. The molecule has 0 radical (unpaired) electrons. The number of halogens is 1. The van der Waals surface area contributed by atoms with Crippen molar-refractivity contribution in [3.05, 3.63) is 11.1 Å². The number of hydrogen-bond acceptors (Lipinski definition) is 0. The van der Waals surface area contributed by atoms with Crippen molar-refractivity contribution in [1.82, 2.24) is 0 Å². The molecule has 1 nitrogen and oxygen atoms in total. The molecule has 2 heteroatoms. The maximum atomic E-state index is 2.32.